The molecular weight excluding hydrogens is 426 g/mol. The van der Waals surface area contributed by atoms with Crippen molar-refractivity contribution in [3.8, 4) is 11.5 Å². The molecule has 0 atom stereocenters. The van der Waals surface area contributed by atoms with Crippen LogP contribution in [0.15, 0.2) is 42.6 Å². The van der Waals surface area contributed by atoms with Crippen molar-refractivity contribution < 1.29 is 14.3 Å². The first-order valence-corrected chi connectivity index (χ1v) is 11.5. The Labute approximate surface area is 195 Å². The Kier molecular flexibility index (Phi) is 8.94. The lowest BCUT2D eigenvalue weighted by Gasteiger charge is -2.36. The van der Waals surface area contributed by atoms with Gasteiger partial charge in [0.2, 0.25) is 5.91 Å². The third-order valence-electron chi connectivity index (χ3n) is 5.82. The van der Waals surface area contributed by atoms with Gasteiger partial charge in [-0.05, 0) is 55.7 Å². The Hall–Kier alpha value is -2.57. The van der Waals surface area contributed by atoms with Gasteiger partial charge in [-0.25, -0.2) is 0 Å². The monoisotopic (exact) mass is 457 g/mol. The molecule has 0 spiro atoms. The third-order valence-corrected chi connectivity index (χ3v) is 6.10. The summed E-state index contributed by atoms with van der Waals surface area (Å²) in [5.74, 6) is 1.06. The lowest BCUT2D eigenvalue weighted by molar-refractivity contribution is -0.127. The van der Waals surface area contributed by atoms with Gasteiger partial charge in [-0.3, -0.25) is 9.78 Å². The highest BCUT2D eigenvalue weighted by Crippen LogP contribution is 2.36. The maximum atomic E-state index is 12.7. The van der Waals surface area contributed by atoms with E-state index >= 15 is 0 Å². The second-order valence-electron chi connectivity index (χ2n) is 7.89. The normalized spacial score (nSPS) is 15.1. The van der Waals surface area contributed by atoms with Gasteiger partial charge in [0, 0.05) is 57.1 Å². The third kappa shape index (κ3) is 6.47. The number of nitrogens with zero attached hydrogens (tertiary/aromatic N) is 3. The molecule has 1 aliphatic rings. The minimum atomic E-state index is -0.0130. The largest absolute Gasteiger partial charge is 0.493 e. The van der Waals surface area contributed by atoms with Gasteiger partial charge in [-0.2, -0.15) is 0 Å². The number of piperidine rings is 1. The zero-order chi connectivity index (χ0) is 22.9. The first-order chi connectivity index (χ1) is 15.5. The molecule has 1 aromatic carbocycles. The Bertz CT molecular complexity index is 912. The molecule has 0 bridgehead atoms. The van der Waals surface area contributed by atoms with Crippen molar-refractivity contribution in [1.82, 2.24) is 14.8 Å². The Morgan fingerprint density at radius 2 is 2.09 bits per heavy atom. The number of carbonyl (C=O) groups excluding carboxylic acids is 1. The summed E-state index contributed by atoms with van der Waals surface area (Å²) in [5, 5.41) is 0.463. The number of likely N-dealkylation sites (tertiary alicyclic amines) is 1. The number of likely N-dealkylation sites (N-methyl/N-ethyl adjacent to an activating group) is 1. The van der Waals surface area contributed by atoms with E-state index in [2.05, 4.69) is 16.0 Å². The first kappa shape index (κ1) is 24.1. The molecule has 0 N–H and O–H groups in total. The van der Waals surface area contributed by atoms with Crippen LogP contribution in [-0.4, -0.2) is 67.1 Å². The highest BCUT2D eigenvalue weighted by atomic mass is 35.5. The molecule has 32 heavy (non-hydrogen) atoms. The van der Waals surface area contributed by atoms with Crippen LogP contribution in [-0.2, 0) is 11.2 Å². The van der Waals surface area contributed by atoms with Crippen LogP contribution in [0.3, 0.4) is 0 Å². The standard InChI is InChI=1S/C25H32ClN3O3/c1-4-32-25-22(26)17-19(18-23(25)31-3)8-9-24(30)28(2)21-11-15-29(16-12-21)14-10-20-7-5-6-13-27-20/h5-9,13,17-18,21H,4,10-12,14-16H2,1-3H3. The van der Waals surface area contributed by atoms with Crippen LogP contribution in [0.5, 0.6) is 11.5 Å². The Morgan fingerprint density at radius 3 is 2.75 bits per heavy atom. The quantitative estimate of drug-likeness (QED) is 0.525. The van der Waals surface area contributed by atoms with Crippen molar-refractivity contribution in [3.05, 3.63) is 58.9 Å². The molecule has 6 nitrogen and oxygen atoms in total. The van der Waals surface area contributed by atoms with E-state index in [-0.39, 0.29) is 11.9 Å². The van der Waals surface area contributed by atoms with Crippen LogP contribution < -0.4 is 9.47 Å². The molecule has 2 aromatic rings. The minimum Gasteiger partial charge on any atom is -0.493 e. The van der Waals surface area contributed by atoms with Crippen molar-refractivity contribution in [2.24, 2.45) is 0 Å². The van der Waals surface area contributed by atoms with Crippen LogP contribution >= 0.6 is 11.6 Å². The lowest BCUT2D eigenvalue weighted by atomic mass is 10.0. The molecule has 0 unspecified atom stereocenters. The van der Waals surface area contributed by atoms with Gasteiger partial charge in [0.25, 0.3) is 0 Å². The van der Waals surface area contributed by atoms with E-state index in [4.69, 9.17) is 21.1 Å². The van der Waals surface area contributed by atoms with Crippen LogP contribution in [0.25, 0.3) is 6.08 Å². The average Bonchev–Trinajstić information content (AvgIpc) is 2.83. The molecule has 0 saturated carbocycles. The topological polar surface area (TPSA) is 54.9 Å². The van der Waals surface area contributed by atoms with Crippen LogP contribution in [0.2, 0.25) is 5.02 Å². The van der Waals surface area contributed by atoms with Crippen molar-refractivity contribution in [3.63, 3.8) is 0 Å². The van der Waals surface area contributed by atoms with Gasteiger partial charge in [-0.15, -0.1) is 0 Å². The number of hydrogen-bond acceptors (Lipinski definition) is 5. The average molecular weight is 458 g/mol. The van der Waals surface area contributed by atoms with E-state index in [0.29, 0.717) is 23.1 Å². The van der Waals surface area contributed by atoms with Gasteiger partial charge < -0.3 is 19.3 Å². The fraction of sp³-hybridized carbons (Fsp3) is 0.440. The van der Waals surface area contributed by atoms with Crippen LogP contribution in [0, 0.1) is 0 Å². The number of benzene rings is 1. The Balaban J connectivity index is 1.51. The summed E-state index contributed by atoms with van der Waals surface area (Å²) in [5.41, 5.74) is 1.92. The predicted molar refractivity (Wildman–Crippen MR) is 128 cm³/mol. The van der Waals surface area contributed by atoms with Crippen LogP contribution in [0.4, 0.5) is 0 Å². The highest BCUT2D eigenvalue weighted by Gasteiger charge is 2.24. The van der Waals surface area contributed by atoms with Crippen LogP contribution in [0.1, 0.15) is 31.0 Å². The van der Waals surface area contributed by atoms with Gasteiger partial charge in [0.15, 0.2) is 11.5 Å². The number of halogens is 1. The smallest absolute Gasteiger partial charge is 0.246 e. The number of hydrogen-bond donors (Lipinski definition) is 0. The maximum Gasteiger partial charge on any atom is 0.246 e. The van der Waals surface area contributed by atoms with Crippen molar-refractivity contribution >= 4 is 23.6 Å². The fourth-order valence-electron chi connectivity index (χ4n) is 3.93. The molecule has 1 aliphatic heterocycles. The lowest BCUT2D eigenvalue weighted by Crippen LogP contribution is -2.45. The molecule has 2 heterocycles. The number of rotatable bonds is 9. The fourth-order valence-corrected chi connectivity index (χ4v) is 4.21. The molecule has 1 fully saturated rings. The SMILES string of the molecule is CCOc1c(Cl)cc(C=CC(=O)N(C)C2CCN(CCc3ccccn3)CC2)cc1OC. The molecular formula is C25H32ClN3O3. The van der Waals surface area contributed by atoms with E-state index in [1.165, 1.54) is 0 Å². The van der Waals surface area contributed by atoms with Crippen molar-refractivity contribution in [2.75, 3.05) is 40.4 Å². The number of carbonyl (C=O) groups is 1. The number of amides is 1. The van der Waals surface area contributed by atoms with Gasteiger partial charge >= 0.3 is 0 Å². The summed E-state index contributed by atoms with van der Waals surface area (Å²) in [6.07, 6.45) is 8.11. The number of aromatic nitrogens is 1. The zero-order valence-corrected chi connectivity index (χ0v) is 19.8. The summed E-state index contributed by atoms with van der Waals surface area (Å²) in [6, 6.07) is 9.88. The van der Waals surface area contributed by atoms with E-state index in [9.17, 15) is 4.79 Å². The minimum absolute atomic E-state index is 0.0130. The second kappa shape index (κ2) is 11.9. The van der Waals surface area contributed by atoms with E-state index in [0.717, 1.165) is 50.2 Å². The van der Waals surface area contributed by atoms with Gasteiger partial charge in [0.05, 0.1) is 18.7 Å². The molecule has 1 aromatic heterocycles. The van der Waals surface area contributed by atoms with Gasteiger partial charge in [0.1, 0.15) is 0 Å². The predicted octanol–water partition coefficient (Wildman–Crippen LogP) is 4.32. The summed E-state index contributed by atoms with van der Waals surface area (Å²) in [7, 11) is 3.45. The van der Waals surface area contributed by atoms with E-state index < -0.39 is 0 Å². The summed E-state index contributed by atoms with van der Waals surface area (Å²) >= 11 is 6.33. The molecule has 1 saturated heterocycles. The molecule has 0 aliphatic carbocycles. The number of ether oxygens (including phenoxy) is 2. The summed E-state index contributed by atoms with van der Waals surface area (Å²) in [4.78, 5) is 21.4. The molecule has 172 valence electrons. The second-order valence-corrected chi connectivity index (χ2v) is 8.30. The highest BCUT2D eigenvalue weighted by molar-refractivity contribution is 6.32. The first-order valence-electron chi connectivity index (χ1n) is 11.1. The molecule has 3 rings (SSSR count). The Morgan fingerprint density at radius 1 is 1.31 bits per heavy atom. The number of pyridine rings is 1. The van der Waals surface area contributed by atoms with Gasteiger partial charge in [-0.1, -0.05) is 17.7 Å². The molecule has 0 radical (unpaired) electrons. The zero-order valence-electron chi connectivity index (χ0n) is 19.1. The van der Waals surface area contributed by atoms with Crippen molar-refractivity contribution in [2.45, 2.75) is 32.2 Å². The van der Waals surface area contributed by atoms with E-state index in [1.807, 2.05) is 43.3 Å². The summed E-state index contributed by atoms with van der Waals surface area (Å²) < 4.78 is 10.9. The molecule has 7 heteroatoms. The van der Waals surface area contributed by atoms with Crippen molar-refractivity contribution in [1.29, 1.82) is 0 Å². The van der Waals surface area contributed by atoms with E-state index in [1.54, 1.807) is 25.3 Å². The number of methoxy groups -OCH3 is 1. The molecule has 1 amide bonds. The summed E-state index contributed by atoms with van der Waals surface area (Å²) in [6.45, 7) is 5.37. The maximum absolute atomic E-state index is 12.7.